The van der Waals surface area contributed by atoms with E-state index in [2.05, 4.69) is 16.8 Å². The second kappa shape index (κ2) is 5.73. The Morgan fingerprint density at radius 2 is 2.40 bits per heavy atom. The van der Waals surface area contributed by atoms with Crippen molar-refractivity contribution < 1.29 is 10.0 Å². The van der Waals surface area contributed by atoms with E-state index >= 15 is 0 Å². The maximum absolute atomic E-state index is 10.6. The van der Waals surface area contributed by atoms with Crippen molar-refractivity contribution in [3.05, 3.63) is 34.1 Å². The second-order valence-corrected chi connectivity index (χ2v) is 2.78. The lowest BCUT2D eigenvalue weighted by molar-refractivity contribution is -0.385. The molecule has 0 aliphatic carbocycles. The van der Waals surface area contributed by atoms with Crippen LogP contribution in [0.25, 0.3) is 0 Å². The number of hydrogen-bond donors (Lipinski definition) is 1. The summed E-state index contributed by atoms with van der Waals surface area (Å²) >= 11 is 0. The van der Waals surface area contributed by atoms with Gasteiger partial charge in [0.25, 0.3) is 0 Å². The molecule has 0 unspecified atom stereocenters. The van der Waals surface area contributed by atoms with Crippen molar-refractivity contribution in [2.75, 3.05) is 6.61 Å². The van der Waals surface area contributed by atoms with Gasteiger partial charge in [0.2, 0.25) is 0 Å². The van der Waals surface area contributed by atoms with Gasteiger partial charge in [-0.05, 0) is 12.5 Å². The monoisotopic (exact) mass is 206 g/mol. The van der Waals surface area contributed by atoms with E-state index in [1.807, 2.05) is 0 Å². The van der Waals surface area contributed by atoms with Gasteiger partial charge in [-0.1, -0.05) is 11.8 Å². The van der Waals surface area contributed by atoms with Crippen LogP contribution in [0.3, 0.4) is 0 Å². The summed E-state index contributed by atoms with van der Waals surface area (Å²) in [6.45, 7) is 0.0765. The third kappa shape index (κ3) is 3.37. The third-order valence-corrected chi connectivity index (χ3v) is 1.68. The number of unbranched alkanes of at least 4 members (excludes halogenated alkanes) is 1. The van der Waals surface area contributed by atoms with Gasteiger partial charge in [-0.15, -0.1) is 0 Å². The molecule has 1 N–H and O–H groups in total. The zero-order valence-corrected chi connectivity index (χ0v) is 8.01. The molecule has 0 aromatic carbocycles. The number of hydrogen-bond acceptors (Lipinski definition) is 4. The van der Waals surface area contributed by atoms with Gasteiger partial charge in [-0.2, -0.15) is 0 Å². The zero-order chi connectivity index (χ0) is 11.1. The Hall–Kier alpha value is -1.93. The van der Waals surface area contributed by atoms with Gasteiger partial charge in [-0.25, -0.2) is 0 Å². The number of pyridine rings is 1. The minimum absolute atomic E-state index is 0.0765. The molecule has 0 spiro atoms. The van der Waals surface area contributed by atoms with Crippen LogP contribution in [0.4, 0.5) is 5.69 Å². The second-order valence-electron chi connectivity index (χ2n) is 2.78. The topological polar surface area (TPSA) is 76.3 Å². The third-order valence-electron chi connectivity index (χ3n) is 1.68. The molecule has 0 fully saturated rings. The Balaban J connectivity index is 2.83. The fourth-order valence-electron chi connectivity index (χ4n) is 0.962. The fourth-order valence-corrected chi connectivity index (χ4v) is 0.962. The van der Waals surface area contributed by atoms with Crippen LogP contribution in [0.15, 0.2) is 18.5 Å². The van der Waals surface area contributed by atoms with Crippen molar-refractivity contribution in [1.82, 2.24) is 4.98 Å². The smallest absolute Gasteiger partial charge is 0.303 e. The SMILES string of the molecule is O=[N+]([O-])c1cnccc1C#CCCCO. The summed E-state index contributed by atoms with van der Waals surface area (Å²) in [4.78, 5) is 13.7. The molecule has 1 aromatic heterocycles. The molecule has 0 amide bonds. The number of aliphatic hydroxyl groups is 1. The molecule has 1 aromatic rings. The van der Waals surface area contributed by atoms with E-state index in [0.29, 0.717) is 18.4 Å². The van der Waals surface area contributed by atoms with Crippen LogP contribution in [0.5, 0.6) is 0 Å². The summed E-state index contributed by atoms with van der Waals surface area (Å²) in [5, 5.41) is 19.1. The molecule has 0 bridgehead atoms. The Bertz CT molecular complexity index is 407. The summed E-state index contributed by atoms with van der Waals surface area (Å²) in [7, 11) is 0. The maximum atomic E-state index is 10.6. The first-order valence-electron chi connectivity index (χ1n) is 4.44. The van der Waals surface area contributed by atoms with E-state index in [0.717, 1.165) is 0 Å². The average Bonchev–Trinajstić information content (AvgIpc) is 2.25. The molecule has 5 heteroatoms. The molecule has 78 valence electrons. The van der Waals surface area contributed by atoms with E-state index in [4.69, 9.17) is 5.11 Å². The first-order valence-corrected chi connectivity index (χ1v) is 4.44. The number of aromatic nitrogens is 1. The van der Waals surface area contributed by atoms with Crippen molar-refractivity contribution >= 4 is 5.69 Å². The summed E-state index contributed by atoms with van der Waals surface area (Å²) in [6, 6.07) is 1.50. The summed E-state index contributed by atoms with van der Waals surface area (Å²) in [5.41, 5.74) is 0.266. The largest absolute Gasteiger partial charge is 0.396 e. The highest BCUT2D eigenvalue weighted by Crippen LogP contribution is 2.14. The van der Waals surface area contributed by atoms with E-state index in [-0.39, 0.29) is 12.3 Å². The predicted molar refractivity (Wildman–Crippen MR) is 54.1 cm³/mol. The number of nitrogens with zero attached hydrogens (tertiary/aromatic N) is 2. The number of nitro groups is 1. The van der Waals surface area contributed by atoms with E-state index in [9.17, 15) is 10.1 Å². The average molecular weight is 206 g/mol. The molecule has 0 radical (unpaired) electrons. The molecule has 0 saturated heterocycles. The van der Waals surface area contributed by atoms with Crippen LogP contribution < -0.4 is 0 Å². The number of rotatable bonds is 3. The summed E-state index contributed by atoms with van der Waals surface area (Å²) in [5.74, 6) is 5.44. The Morgan fingerprint density at radius 3 is 3.07 bits per heavy atom. The normalized spacial score (nSPS) is 9.13. The molecule has 15 heavy (non-hydrogen) atoms. The zero-order valence-electron chi connectivity index (χ0n) is 8.01. The van der Waals surface area contributed by atoms with Gasteiger partial charge in [-0.3, -0.25) is 15.1 Å². The summed E-state index contributed by atoms with van der Waals surface area (Å²) in [6.07, 6.45) is 3.74. The number of aliphatic hydroxyl groups excluding tert-OH is 1. The Kier molecular flexibility index (Phi) is 4.26. The van der Waals surface area contributed by atoms with Gasteiger partial charge >= 0.3 is 5.69 Å². The highest BCUT2D eigenvalue weighted by Gasteiger charge is 2.10. The highest BCUT2D eigenvalue weighted by atomic mass is 16.6. The first kappa shape index (κ1) is 11.1. The van der Waals surface area contributed by atoms with Crippen molar-refractivity contribution in [3.63, 3.8) is 0 Å². The van der Waals surface area contributed by atoms with Gasteiger partial charge in [0, 0.05) is 19.2 Å². The molecular weight excluding hydrogens is 196 g/mol. The maximum Gasteiger partial charge on any atom is 0.303 e. The van der Waals surface area contributed by atoms with E-state index in [1.54, 1.807) is 0 Å². The molecule has 1 heterocycles. The Morgan fingerprint density at radius 1 is 1.60 bits per heavy atom. The van der Waals surface area contributed by atoms with Gasteiger partial charge in [0.1, 0.15) is 11.8 Å². The minimum Gasteiger partial charge on any atom is -0.396 e. The predicted octanol–water partition coefficient (Wildman–Crippen LogP) is 1.11. The van der Waals surface area contributed by atoms with Crippen LogP contribution in [0.2, 0.25) is 0 Å². The van der Waals surface area contributed by atoms with Crippen LogP contribution in [0.1, 0.15) is 18.4 Å². The van der Waals surface area contributed by atoms with Gasteiger partial charge in [0.05, 0.1) is 4.92 Å². The van der Waals surface area contributed by atoms with E-state index < -0.39 is 4.92 Å². The minimum atomic E-state index is -0.511. The van der Waals surface area contributed by atoms with Crippen molar-refractivity contribution in [1.29, 1.82) is 0 Å². The lowest BCUT2D eigenvalue weighted by atomic mass is 10.2. The Labute approximate surface area is 86.9 Å². The standard InChI is InChI=1S/C10H10N2O3/c13-7-3-1-2-4-9-5-6-11-8-10(9)12(14)15/h5-6,8,13H,1,3,7H2. The van der Waals surface area contributed by atoms with Crippen LogP contribution >= 0.6 is 0 Å². The molecule has 0 atom stereocenters. The van der Waals surface area contributed by atoms with Crippen LogP contribution in [0, 0.1) is 22.0 Å². The quantitative estimate of drug-likeness (QED) is 0.348. The lowest BCUT2D eigenvalue weighted by Crippen LogP contribution is -1.92. The molecular formula is C10H10N2O3. The molecule has 0 aliphatic rings. The van der Waals surface area contributed by atoms with Gasteiger partial charge in [0.15, 0.2) is 0 Å². The molecule has 0 aliphatic heterocycles. The molecule has 0 saturated carbocycles. The fraction of sp³-hybridized carbons (Fsp3) is 0.300. The first-order chi connectivity index (χ1) is 7.25. The van der Waals surface area contributed by atoms with Crippen LogP contribution in [-0.4, -0.2) is 21.6 Å². The van der Waals surface area contributed by atoms with Crippen molar-refractivity contribution in [3.8, 4) is 11.8 Å². The lowest BCUT2D eigenvalue weighted by Gasteiger charge is -1.92. The van der Waals surface area contributed by atoms with Gasteiger partial charge < -0.3 is 5.11 Å². The van der Waals surface area contributed by atoms with Crippen LogP contribution in [-0.2, 0) is 0 Å². The molecule has 1 rings (SSSR count). The molecule has 5 nitrogen and oxygen atoms in total. The highest BCUT2D eigenvalue weighted by molar-refractivity contribution is 5.48. The van der Waals surface area contributed by atoms with Crippen molar-refractivity contribution in [2.24, 2.45) is 0 Å². The summed E-state index contributed by atoms with van der Waals surface area (Å²) < 4.78 is 0. The van der Waals surface area contributed by atoms with Crippen molar-refractivity contribution in [2.45, 2.75) is 12.8 Å². The van der Waals surface area contributed by atoms with E-state index in [1.165, 1.54) is 18.5 Å².